The maximum absolute atomic E-state index is 9.48. The summed E-state index contributed by atoms with van der Waals surface area (Å²) in [4.78, 5) is 2.46. The van der Waals surface area contributed by atoms with Gasteiger partial charge in [-0.1, -0.05) is 66.7 Å². The molecule has 3 saturated heterocycles. The van der Waals surface area contributed by atoms with Crippen molar-refractivity contribution in [2.45, 2.75) is 56.7 Å². The van der Waals surface area contributed by atoms with Crippen LogP contribution in [0.15, 0.2) is 72.8 Å². The second kappa shape index (κ2) is 11.9. The van der Waals surface area contributed by atoms with Crippen LogP contribution < -0.4 is 5.73 Å². The quantitative estimate of drug-likeness (QED) is 0.458. The van der Waals surface area contributed by atoms with Crippen LogP contribution in [0, 0.1) is 0 Å². The lowest BCUT2D eigenvalue weighted by Gasteiger charge is -2.41. The number of ether oxygens (including phenoxy) is 4. The highest BCUT2D eigenvalue weighted by atomic mass is 16.7. The van der Waals surface area contributed by atoms with Gasteiger partial charge in [0.1, 0.15) is 0 Å². The fourth-order valence-electron chi connectivity index (χ4n) is 5.89. The molecule has 3 heterocycles. The summed E-state index contributed by atoms with van der Waals surface area (Å²) in [7, 11) is 0. The number of benzene rings is 3. The van der Waals surface area contributed by atoms with E-state index in [1.54, 1.807) is 0 Å². The normalized spacial score (nSPS) is 25.2. The first-order chi connectivity index (χ1) is 19.1. The van der Waals surface area contributed by atoms with Gasteiger partial charge >= 0.3 is 0 Å². The van der Waals surface area contributed by atoms with E-state index in [0.29, 0.717) is 19.8 Å². The molecule has 0 amide bonds. The number of aliphatic hydroxyl groups is 1. The Balaban J connectivity index is 1.19. The van der Waals surface area contributed by atoms with E-state index >= 15 is 0 Å². The molecule has 3 aliphatic rings. The van der Waals surface area contributed by atoms with Crippen molar-refractivity contribution in [3.63, 3.8) is 0 Å². The van der Waals surface area contributed by atoms with Crippen LogP contribution in [0.25, 0.3) is 11.1 Å². The Morgan fingerprint density at radius 2 is 1.54 bits per heavy atom. The van der Waals surface area contributed by atoms with Crippen molar-refractivity contribution < 1.29 is 24.1 Å². The molecule has 0 bridgehead atoms. The van der Waals surface area contributed by atoms with E-state index in [-0.39, 0.29) is 24.6 Å². The Bertz CT molecular complexity index is 1220. The van der Waals surface area contributed by atoms with Crippen molar-refractivity contribution in [1.29, 1.82) is 0 Å². The van der Waals surface area contributed by atoms with Gasteiger partial charge in [-0.25, -0.2) is 0 Å². The van der Waals surface area contributed by atoms with Gasteiger partial charge in [0.2, 0.25) is 0 Å². The molecule has 3 N–H and O–H groups in total. The van der Waals surface area contributed by atoms with Gasteiger partial charge in [0.05, 0.1) is 32.0 Å². The summed E-state index contributed by atoms with van der Waals surface area (Å²) in [5.74, 6) is -0.377. The highest BCUT2D eigenvalue weighted by Gasteiger charge is 2.41. The Labute approximate surface area is 230 Å². The van der Waals surface area contributed by atoms with Crippen molar-refractivity contribution in [1.82, 2.24) is 4.90 Å². The first-order valence-corrected chi connectivity index (χ1v) is 14.0. The molecule has 0 radical (unpaired) electrons. The Morgan fingerprint density at radius 1 is 0.821 bits per heavy atom. The van der Waals surface area contributed by atoms with E-state index in [0.717, 1.165) is 72.3 Å². The van der Waals surface area contributed by atoms with Gasteiger partial charge in [0, 0.05) is 51.0 Å². The zero-order valence-electron chi connectivity index (χ0n) is 22.3. The zero-order valence-corrected chi connectivity index (χ0v) is 22.3. The van der Waals surface area contributed by atoms with Gasteiger partial charge in [-0.3, -0.25) is 0 Å². The van der Waals surface area contributed by atoms with Gasteiger partial charge in [-0.2, -0.15) is 0 Å². The lowest BCUT2D eigenvalue weighted by atomic mass is 9.98. The van der Waals surface area contributed by atoms with E-state index in [1.807, 2.05) is 24.3 Å². The minimum atomic E-state index is -0.465. The highest BCUT2D eigenvalue weighted by molar-refractivity contribution is 5.64. The van der Waals surface area contributed by atoms with E-state index in [2.05, 4.69) is 53.4 Å². The average Bonchev–Trinajstić information content (AvgIpc) is 3.46. The molecule has 206 valence electrons. The van der Waals surface area contributed by atoms with Crippen molar-refractivity contribution >= 4 is 0 Å². The summed E-state index contributed by atoms with van der Waals surface area (Å²) in [6.45, 7) is 4.64. The predicted octanol–water partition coefficient (Wildman–Crippen LogP) is 4.69. The minimum Gasteiger partial charge on any atom is -0.392 e. The molecule has 3 fully saturated rings. The fraction of sp³-hybridized carbons (Fsp3) is 0.438. The molecule has 3 aromatic rings. The number of hydrogen-bond acceptors (Lipinski definition) is 7. The second-order valence-corrected chi connectivity index (χ2v) is 10.8. The van der Waals surface area contributed by atoms with Crippen molar-refractivity contribution in [3.8, 4) is 11.1 Å². The van der Waals surface area contributed by atoms with Crippen LogP contribution in [-0.4, -0.2) is 54.7 Å². The predicted molar refractivity (Wildman–Crippen MR) is 149 cm³/mol. The Kier molecular flexibility index (Phi) is 8.09. The number of piperidine rings is 1. The first-order valence-electron chi connectivity index (χ1n) is 14.0. The maximum Gasteiger partial charge on any atom is 0.184 e. The summed E-state index contributed by atoms with van der Waals surface area (Å²) >= 11 is 0. The highest BCUT2D eigenvalue weighted by Crippen LogP contribution is 2.39. The molecule has 3 atom stereocenters. The topological polar surface area (TPSA) is 86.4 Å². The second-order valence-electron chi connectivity index (χ2n) is 10.8. The average molecular weight is 531 g/mol. The summed E-state index contributed by atoms with van der Waals surface area (Å²) in [6.07, 6.45) is 2.00. The van der Waals surface area contributed by atoms with E-state index < -0.39 is 6.29 Å². The molecule has 0 aromatic heterocycles. The van der Waals surface area contributed by atoms with Crippen molar-refractivity contribution in [2.75, 3.05) is 32.8 Å². The molecular weight excluding hydrogens is 492 g/mol. The molecule has 3 aliphatic heterocycles. The van der Waals surface area contributed by atoms with E-state index in [4.69, 9.17) is 24.7 Å². The van der Waals surface area contributed by atoms with Crippen LogP contribution in [-0.2, 0) is 32.1 Å². The SMILES string of the molecule is NCc1cccc(-c2ccc([C@H]3O[C@@H](CN4CCC5(CC4)OCCO5)C[C@@H](c4ccc(CO)cc4)O3)cc2)c1. The fourth-order valence-corrected chi connectivity index (χ4v) is 5.89. The molecule has 0 unspecified atom stereocenters. The third kappa shape index (κ3) is 6.10. The molecular formula is C32H38N2O5. The summed E-state index contributed by atoms with van der Waals surface area (Å²) in [5.41, 5.74) is 12.2. The first kappa shape index (κ1) is 26.6. The molecule has 0 aliphatic carbocycles. The minimum absolute atomic E-state index is 0.0200. The molecule has 0 saturated carbocycles. The van der Waals surface area contributed by atoms with Crippen LogP contribution in [0.2, 0.25) is 0 Å². The van der Waals surface area contributed by atoms with Crippen LogP contribution in [0.4, 0.5) is 0 Å². The lowest BCUT2D eigenvalue weighted by Crippen LogP contribution is -2.48. The van der Waals surface area contributed by atoms with E-state index in [1.165, 1.54) is 0 Å². The van der Waals surface area contributed by atoms with Crippen LogP contribution in [0.3, 0.4) is 0 Å². The van der Waals surface area contributed by atoms with Gasteiger partial charge in [0.15, 0.2) is 12.1 Å². The molecule has 7 heteroatoms. The largest absolute Gasteiger partial charge is 0.392 e. The van der Waals surface area contributed by atoms with Crippen molar-refractivity contribution in [2.24, 2.45) is 5.73 Å². The maximum atomic E-state index is 9.48. The van der Waals surface area contributed by atoms with E-state index in [9.17, 15) is 5.11 Å². The number of likely N-dealkylation sites (tertiary alicyclic amines) is 1. The number of nitrogens with two attached hydrogens (primary N) is 1. The standard InChI is InChI=1S/C32H38N2O5/c33-20-24-2-1-3-28(18-24)25-8-10-27(11-9-25)31-38-29(19-30(39-31)26-6-4-23(22-35)5-7-26)21-34-14-12-32(13-15-34)36-16-17-37-32/h1-11,18,29-31,35H,12-17,19-22,33H2/t29-,30+,31+/m1/s1. The number of rotatable bonds is 7. The molecule has 3 aromatic carbocycles. The van der Waals surface area contributed by atoms with Gasteiger partial charge in [0.25, 0.3) is 0 Å². The van der Waals surface area contributed by atoms with Gasteiger partial charge in [-0.15, -0.1) is 0 Å². The number of hydrogen-bond donors (Lipinski definition) is 2. The van der Waals surface area contributed by atoms with Crippen LogP contribution in [0.1, 0.15) is 53.9 Å². The molecule has 7 nitrogen and oxygen atoms in total. The number of aliphatic hydroxyl groups excluding tert-OH is 1. The Morgan fingerprint density at radius 3 is 2.23 bits per heavy atom. The Hall–Kier alpha value is -2.62. The number of nitrogens with zero attached hydrogens (tertiary/aromatic N) is 1. The van der Waals surface area contributed by atoms with Gasteiger partial charge in [-0.05, 0) is 33.9 Å². The summed E-state index contributed by atoms with van der Waals surface area (Å²) < 4.78 is 25.0. The third-order valence-corrected chi connectivity index (χ3v) is 8.19. The summed E-state index contributed by atoms with van der Waals surface area (Å²) in [5, 5.41) is 9.48. The molecule has 39 heavy (non-hydrogen) atoms. The summed E-state index contributed by atoms with van der Waals surface area (Å²) in [6, 6.07) is 24.8. The monoisotopic (exact) mass is 530 g/mol. The van der Waals surface area contributed by atoms with Gasteiger partial charge < -0.3 is 34.7 Å². The van der Waals surface area contributed by atoms with Crippen LogP contribution in [0.5, 0.6) is 0 Å². The molecule has 1 spiro atoms. The van der Waals surface area contributed by atoms with Crippen molar-refractivity contribution in [3.05, 3.63) is 95.1 Å². The third-order valence-electron chi connectivity index (χ3n) is 8.19. The smallest absolute Gasteiger partial charge is 0.184 e. The van der Waals surface area contributed by atoms with Crippen LogP contribution >= 0.6 is 0 Å². The lowest BCUT2D eigenvalue weighted by molar-refractivity contribution is -0.255. The zero-order chi connectivity index (χ0) is 26.7. The molecule has 6 rings (SSSR count).